The van der Waals surface area contributed by atoms with Gasteiger partial charge in [0.1, 0.15) is 23.5 Å². The standard InChI is InChI=1S/C35H32N6O6/c1-3-29(42)40-20-10-13-26(21-40)41-33-30(31(39-41)24-16-18-28(19-17-24)47-27-14-8-5-9-15-27)32(36-22-37-33)38-35(44)46-23(2)45-34(43)25-11-6-4-7-12-25/h3-9,11-12,14-19,22-23,26H,1,10,13,20-21H2,2H3,(H,36,37,38,44)/t23-,26-/m1/s1. The van der Waals surface area contributed by atoms with Gasteiger partial charge < -0.3 is 19.1 Å². The first-order valence-corrected chi connectivity index (χ1v) is 15.1. The molecule has 2 aromatic heterocycles. The number of likely N-dealkylation sites (tertiary alicyclic amines) is 1. The number of benzene rings is 3. The van der Waals surface area contributed by atoms with Crippen molar-refractivity contribution in [3.63, 3.8) is 0 Å². The van der Waals surface area contributed by atoms with E-state index in [1.807, 2.05) is 54.6 Å². The zero-order chi connectivity index (χ0) is 32.8. The van der Waals surface area contributed by atoms with Crippen LogP contribution >= 0.6 is 0 Å². The Labute approximate surface area is 270 Å². The Morgan fingerprint density at radius 3 is 2.36 bits per heavy atom. The fraction of sp³-hybridized carbons (Fsp3) is 0.200. The third kappa shape index (κ3) is 7.12. The van der Waals surface area contributed by atoms with Gasteiger partial charge in [-0.1, -0.05) is 43.0 Å². The minimum atomic E-state index is -1.19. The predicted octanol–water partition coefficient (Wildman–Crippen LogP) is 6.39. The lowest BCUT2D eigenvalue weighted by molar-refractivity contribution is -0.127. The lowest BCUT2D eigenvalue weighted by Crippen LogP contribution is -2.40. The number of para-hydroxylation sites is 1. The lowest BCUT2D eigenvalue weighted by Gasteiger charge is -2.32. The van der Waals surface area contributed by atoms with Crippen LogP contribution in [0.2, 0.25) is 0 Å². The van der Waals surface area contributed by atoms with Crippen LogP contribution in [0.15, 0.2) is 104 Å². The number of aromatic nitrogens is 4. The van der Waals surface area contributed by atoms with Crippen molar-refractivity contribution in [2.75, 3.05) is 18.4 Å². The molecule has 1 aliphatic heterocycles. The molecule has 0 radical (unpaired) electrons. The number of nitrogens with zero attached hydrogens (tertiary/aromatic N) is 5. The van der Waals surface area contributed by atoms with E-state index in [2.05, 4.69) is 21.9 Å². The molecule has 47 heavy (non-hydrogen) atoms. The molecule has 1 fully saturated rings. The van der Waals surface area contributed by atoms with E-state index in [1.54, 1.807) is 39.9 Å². The summed E-state index contributed by atoms with van der Waals surface area (Å²) in [6, 6.07) is 25.0. The first-order chi connectivity index (χ1) is 22.9. The number of anilines is 1. The van der Waals surface area contributed by atoms with E-state index in [9.17, 15) is 14.4 Å². The SMILES string of the molecule is C=CC(=O)N1CCC[C@@H](n2nc(-c3ccc(Oc4ccccc4)cc3)c3c(NC(=O)O[C@H](C)OC(=O)c4ccccc4)ncnc32)C1. The van der Waals surface area contributed by atoms with Gasteiger partial charge in [0.2, 0.25) is 12.2 Å². The molecule has 6 rings (SSSR count). The zero-order valence-corrected chi connectivity index (χ0v) is 25.6. The Balaban J connectivity index is 1.30. The van der Waals surface area contributed by atoms with E-state index in [1.165, 1.54) is 19.3 Å². The van der Waals surface area contributed by atoms with E-state index >= 15 is 0 Å². The summed E-state index contributed by atoms with van der Waals surface area (Å²) < 4.78 is 18.4. The molecule has 1 saturated heterocycles. The average molecular weight is 633 g/mol. The highest BCUT2D eigenvalue weighted by molar-refractivity contribution is 6.03. The summed E-state index contributed by atoms with van der Waals surface area (Å²) in [5.41, 5.74) is 2.03. The molecule has 2 amide bonds. The van der Waals surface area contributed by atoms with E-state index in [0.717, 1.165) is 18.4 Å². The first-order valence-electron chi connectivity index (χ1n) is 15.1. The van der Waals surface area contributed by atoms with E-state index in [4.69, 9.17) is 19.3 Å². The normalized spacial score (nSPS) is 15.0. The van der Waals surface area contributed by atoms with Crippen molar-refractivity contribution in [1.29, 1.82) is 0 Å². The minimum Gasteiger partial charge on any atom is -0.457 e. The van der Waals surface area contributed by atoms with Gasteiger partial charge in [-0.2, -0.15) is 5.10 Å². The predicted molar refractivity (Wildman–Crippen MR) is 174 cm³/mol. The smallest absolute Gasteiger partial charge is 0.415 e. The molecular weight excluding hydrogens is 600 g/mol. The quantitative estimate of drug-likeness (QED) is 0.111. The van der Waals surface area contributed by atoms with Crippen molar-refractivity contribution >= 4 is 34.8 Å². The van der Waals surface area contributed by atoms with E-state index < -0.39 is 18.4 Å². The molecule has 0 bridgehead atoms. The van der Waals surface area contributed by atoms with Crippen LogP contribution < -0.4 is 10.1 Å². The lowest BCUT2D eigenvalue weighted by atomic mass is 10.1. The Morgan fingerprint density at radius 1 is 0.936 bits per heavy atom. The fourth-order valence-electron chi connectivity index (χ4n) is 5.41. The second-order valence-corrected chi connectivity index (χ2v) is 10.8. The molecule has 3 aromatic carbocycles. The molecule has 1 aliphatic rings. The Morgan fingerprint density at radius 2 is 1.64 bits per heavy atom. The van der Waals surface area contributed by atoms with Crippen molar-refractivity contribution < 1.29 is 28.6 Å². The van der Waals surface area contributed by atoms with Crippen LogP contribution in [-0.4, -0.2) is 62.0 Å². The molecule has 3 heterocycles. The molecule has 5 aromatic rings. The molecule has 0 unspecified atom stereocenters. The molecule has 238 valence electrons. The molecule has 12 nitrogen and oxygen atoms in total. The maximum absolute atomic E-state index is 13.0. The third-order valence-electron chi connectivity index (χ3n) is 7.60. The number of hydrogen-bond acceptors (Lipinski definition) is 9. The van der Waals surface area contributed by atoms with Crippen molar-refractivity contribution in [3.05, 3.63) is 109 Å². The number of fused-ring (bicyclic) bond motifs is 1. The van der Waals surface area contributed by atoms with Crippen LogP contribution in [0.1, 0.15) is 36.2 Å². The summed E-state index contributed by atoms with van der Waals surface area (Å²) >= 11 is 0. The van der Waals surface area contributed by atoms with Crippen molar-refractivity contribution in [2.45, 2.75) is 32.1 Å². The highest BCUT2D eigenvalue weighted by Crippen LogP contribution is 2.36. The van der Waals surface area contributed by atoms with Gasteiger partial charge in [-0.15, -0.1) is 0 Å². The van der Waals surface area contributed by atoms with Gasteiger partial charge in [-0.3, -0.25) is 10.1 Å². The number of rotatable bonds is 9. The van der Waals surface area contributed by atoms with Crippen LogP contribution in [0.25, 0.3) is 22.3 Å². The Hall–Kier alpha value is -6.04. The highest BCUT2D eigenvalue weighted by Gasteiger charge is 2.29. The van der Waals surface area contributed by atoms with Crippen molar-refractivity contribution in [2.24, 2.45) is 0 Å². The highest BCUT2D eigenvalue weighted by atomic mass is 16.7. The molecule has 0 aliphatic carbocycles. The monoisotopic (exact) mass is 632 g/mol. The number of ether oxygens (including phenoxy) is 3. The summed E-state index contributed by atoms with van der Waals surface area (Å²) in [6.45, 7) is 6.11. The maximum atomic E-state index is 13.0. The van der Waals surface area contributed by atoms with Crippen LogP contribution in [0.5, 0.6) is 11.5 Å². The van der Waals surface area contributed by atoms with Gasteiger partial charge in [0, 0.05) is 25.6 Å². The number of carbonyl (C=O) groups is 3. The topological polar surface area (TPSA) is 138 Å². The van der Waals surface area contributed by atoms with Crippen molar-refractivity contribution in [3.8, 4) is 22.8 Å². The number of piperidine rings is 1. The number of esters is 1. The van der Waals surface area contributed by atoms with Crippen molar-refractivity contribution in [1.82, 2.24) is 24.6 Å². The largest absolute Gasteiger partial charge is 0.457 e. The second-order valence-electron chi connectivity index (χ2n) is 10.8. The van der Waals surface area contributed by atoms with Crippen LogP contribution in [0, 0.1) is 0 Å². The second kappa shape index (κ2) is 13.9. The van der Waals surface area contributed by atoms with Gasteiger partial charge in [0.05, 0.1) is 17.0 Å². The summed E-state index contributed by atoms with van der Waals surface area (Å²) in [7, 11) is 0. The molecule has 2 atom stereocenters. The van der Waals surface area contributed by atoms with Crippen LogP contribution in [-0.2, 0) is 14.3 Å². The van der Waals surface area contributed by atoms with Gasteiger partial charge in [0.25, 0.3) is 0 Å². The fourth-order valence-corrected chi connectivity index (χ4v) is 5.41. The Bertz CT molecular complexity index is 1900. The van der Waals surface area contributed by atoms with Gasteiger partial charge in [0.15, 0.2) is 11.5 Å². The zero-order valence-electron chi connectivity index (χ0n) is 25.6. The summed E-state index contributed by atoms with van der Waals surface area (Å²) in [4.78, 5) is 48.5. The molecule has 12 heteroatoms. The number of carbonyl (C=O) groups excluding carboxylic acids is 3. The number of nitrogens with one attached hydrogen (secondary N) is 1. The van der Waals surface area contributed by atoms with E-state index in [0.29, 0.717) is 46.9 Å². The van der Waals surface area contributed by atoms with Gasteiger partial charge in [-0.05, 0) is 67.4 Å². The molecule has 0 saturated carbocycles. The van der Waals surface area contributed by atoms with Crippen LogP contribution in [0.3, 0.4) is 0 Å². The molecular formula is C35H32N6O6. The summed E-state index contributed by atoms with van der Waals surface area (Å²) in [6.07, 6.45) is 2.10. The molecule has 1 N–H and O–H groups in total. The first kappa shape index (κ1) is 31.0. The van der Waals surface area contributed by atoms with Gasteiger partial charge in [-0.25, -0.2) is 24.2 Å². The molecule has 0 spiro atoms. The third-order valence-corrected chi connectivity index (χ3v) is 7.60. The number of amides is 2. The average Bonchev–Trinajstić information content (AvgIpc) is 3.50. The van der Waals surface area contributed by atoms with E-state index in [-0.39, 0.29) is 17.8 Å². The maximum Gasteiger partial charge on any atom is 0.415 e. The van der Waals surface area contributed by atoms with Gasteiger partial charge >= 0.3 is 12.1 Å². The minimum absolute atomic E-state index is 0.151. The summed E-state index contributed by atoms with van der Waals surface area (Å²) in [5.74, 6) is 0.708. The van der Waals surface area contributed by atoms with Crippen LogP contribution in [0.4, 0.5) is 10.6 Å². The Kier molecular flexibility index (Phi) is 9.18. The number of hydrogen-bond donors (Lipinski definition) is 1. The summed E-state index contributed by atoms with van der Waals surface area (Å²) in [5, 5.41) is 8.12.